The Hall–Kier alpha value is -3.81. The molecule has 1 heterocycles. The number of carbonyl (C=O) groups is 2. The maximum absolute atomic E-state index is 13.1. The molecule has 0 aliphatic carbocycles. The van der Waals surface area contributed by atoms with E-state index < -0.39 is 0 Å². The molecule has 0 spiro atoms. The van der Waals surface area contributed by atoms with Gasteiger partial charge in [0.25, 0.3) is 11.8 Å². The molecule has 4 N–H and O–H groups in total. The Morgan fingerprint density at radius 3 is 2.34 bits per heavy atom. The fourth-order valence-electron chi connectivity index (χ4n) is 3.40. The second kappa shape index (κ2) is 11.6. The van der Waals surface area contributed by atoms with E-state index in [1.165, 1.54) is 16.2 Å². The van der Waals surface area contributed by atoms with Gasteiger partial charge in [0.15, 0.2) is 0 Å². The van der Waals surface area contributed by atoms with Gasteiger partial charge in [0.2, 0.25) is 0 Å². The highest BCUT2D eigenvalue weighted by Crippen LogP contribution is 2.25. The first kappa shape index (κ1) is 24.3. The minimum absolute atomic E-state index is 0.150. The fourth-order valence-corrected chi connectivity index (χ4v) is 4.55. The minimum Gasteiger partial charge on any atom is -0.397 e. The van der Waals surface area contributed by atoms with Crippen molar-refractivity contribution in [1.29, 1.82) is 0 Å². The molecule has 0 fully saturated rings. The third-order valence-electron chi connectivity index (χ3n) is 5.34. The summed E-state index contributed by atoms with van der Waals surface area (Å²) in [6.45, 7) is 0.348. The molecule has 4 rings (SSSR count). The van der Waals surface area contributed by atoms with Crippen molar-refractivity contribution in [2.45, 2.75) is 11.4 Å². The van der Waals surface area contributed by atoms with Crippen molar-refractivity contribution in [3.8, 4) is 0 Å². The van der Waals surface area contributed by atoms with E-state index in [2.05, 4.69) is 10.6 Å². The molecular formula is C28H25N3O2S2. The molecular weight excluding hydrogens is 474 g/mol. The lowest BCUT2D eigenvalue weighted by Gasteiger charge is -2.10. The zero-order valence-corrected chi connectivity index (χ0v) is 20.8. The lowest BCUT2D eigenvalue weighted by molar-refractivity contribution is -0.115. The number of nitrogen functional groups attached to an aromatic ring is 1. The fraction of sp³-hybridized carbons (Fsp3) is 0.0714. The molecule has 0 unspecified atom stereocenters. The predicted octanol–water partition coefficient (Wildman–Crippen LogP) is 6.16. The molecule has 5 nitrogen and oxygen atoms in total. The van der Waals surface area contributed by atoms with E-state index in [0.29, 0.717) is 29.1 Å². The van der Waals surface area contributed by atoms with Gasteiger partial charge in [-0.05, 0) is 71.3 Å². The molecule has 7 heteroatoms. The normalized spacial score (nSPS) is 11.2. The summed E-state index contributed by atoms with van der Waals surface area (Å²) in [6, 6.07) is 26.3. The largest absolute Gasteiger partial charge is 0.397 e. The maximum Gasteiger partial charge on any atom is 0.255 e. The molecule has 4 aromatic rings. The van der Waals surface area contributed by atoms with Crippen molar-refractivity contribution >= 4 is 57.9 Å². The summed E-state index contributed by atoms with van der Waals surface area (Å²) in [5.41, 5.74) is 9.97. The molecule has 0 saturated carbocycles. The molecule has 0 atom stereocenters. The second-order valence-electron chi connectivity index (χ2n) is 7.73. The number of nitrogens with two attached hydrogens (primary N) is 1. The zero-order valence-electron chi connectivity index (χ0n) is 19.2. The number of hydrogen-bond donors (Lipinski definition) is 3. The summed E-state index contributed by atoms with van der Waals surface area (Å²) in [7, 11) is 0. The Labute approximate surface area is 213 Å². The van der Waals surface area contributed by atoms with Gasteiger partial charge in [-0.2, -0.15) is 0 Å². The van der Waals surface area contributed by atoms with Crippen LogP contribution in [0.4, 0.5) is 11.4 Å². The van der Waals surface area contributed by atoms with Crippen molar-refractivity contribution in [3.63, 3.8) is 0 Å². The van der Waals surface area contributed by atoms with Crippen molar-refractivity contribution in [1.82, 2.24) is 5.32 Å². The lowest BCUT2D eigenvalue weighted by atomic mass is 10.1. The van der Waals surface area contributed by atoms with E-state index >= 15 is 0 Å². The summed E-state index contributed by atoms with van der Waals surface area (Å²) >= 11 is 3.21. The smallest absolute Gasteiger partial charge is 0.255 e. The number of carbonyl (C=O) groups excluding carboxylic acids is 2. The monoisotopic (exact) mass is 499 g/mol. The summed E-state index contributed by atoms with van der Waals surface area (Å²) < 4.78 is 0. The molecule has 3 aromatic carbocycles. The highest BCUT2D eigenvalue weighted by Gasteiger charge is 2.14. The number of hydrogen-bond acceptors (Lipinski definition) is 5. The lowest BCUT2D eigenvalue weighted by Crippen LogP contribution is -2.23. The van der Waals surface area contributed by atoms with Gasteiger partial charge in [-0.1, -0.05) is 42.5 Å². The van der Waals surface area contributed by atoms with Gasteiger partial charge >= 0.3 is 0 Å². The van der Waals surface area contributed by atoms with Crippen molar-refractivity contribution in [2.24, 2.45) is 0 Å². The molecule has 2 amide bonds. The summed E-state index contributed by atoms with van der Waals surface area (Å²) in [4.78, 5) is 27.7. The Morgan fingerprint density at radius 2 is 1.69 bits per heavy atom. The summed E-state index contributed by atoms with van der Waals surface area (Å²) in [5, 5.41) is 7.78. The first-order chi connectivity index (χ1) is 17.0. The number of benzene rings is 3. The third kappa shape index (κ3) is 6.41. The number of anilines is 2. The van der Waals surface area contributed by atoms with Crippen LogP contribution in [-0.4, -0.2) is 18.1 Å². The van der Waals surface area contributed by atoms with E-state index in [9.17, 15) is 9.59 Å². The zero-order chi connectivity index (χ0) is 24.6. The van der Waals surface area contributed by atoms with Crippen LogP contribution in [-0.2, 0) is 11.3 Å². The van der Waals surface area contributed by atoms with E-state index in [1.807, 2.05) is 78.4 Å². The van der Waals surface area contributed by atoms with Crippen LogP contribution in [0.25, 0.3) is 11.6 Å². The molecule has 0 radical (unpaired) electrons. The SMILES string of the molecule is CSc1ccc(/C=C(/C(=O)NCc2ccc(C(=O)Nc3ccccc3N)cc2)c2cccs2)cc1. The average molecular weight is 500 g/mol. The van der Waals surface area contributed by atoms with Crippen molar-refractivity contribution in [2.75, 3.05) is 17.3 Å². The Kier molecular flexibility index (Phi) is 8.03. The van der Waals surface area contributed by atoms with Crippen LogP contribution >= 0.6 is 23.1 Å². The number of rotatable bonds is 8. The van der Waals surface area contributed by atoms with Crippen LogP contribution in [0.15, 0.2) is 95.2 Å². The first-order valence-corrected chi connectivity index (χ1v) is 13.1. The number of thioether (sulfide) groups is 1. The van der Waals surface area contributed by atoms with Gasteiger partial charge in [0.05, 0.1) is 16.9 Å². The van der Waals surface area contributed by atoms with E-state index in [0.717, 1.165) is 16.0 Å². The van der Waals surface area contributed by atoms with Crippen LogP contribution in [0.2, 0.25) is 0 Å². The number of amides is 2. The number of nitrogens with one attached hydrogen (secondary N) is 2. The van der Waals surface area contributed by atoms with Crippen LogP contribution in [0.1, 0.15) is 26.4 Å². The van der Waals surface area contributed by atoms with Crippen molar-refractivity contribution in [3.05, 3.63) is 112 Å². The summed E-state index contributed by atoms with van der Waals surface area (Å²) in [5.74, 6) is -0.392. The quantitative estimate of drug-likeness (QED) is 0.154. The van der Waals surface area contributed by atoms with Gasteiger partial charge in [-0.3, -0.25) is 9.59 Å². The Morgan fingerprint density at radius 1 is 0.943 bits per heavy atom. The van der Waals surface area contributed by atoms with Crippen LogP contribution in [0.5, 0.6) is 0 Å². The topological polar surface area (TPSA) is 84.2 Å². The molecule has 0 aliphatic rings. The van der Waals surface area contributed by atoms with Crippen molar-refractivity contribution < 1.29 is 9.59 Å². The second-order valence-corrected chi connectivity index (χ2v) is 9.56. The molecule has 1 aromatic heterocycles. The highest BCUT2D eigenvalue weighted by atomic mass is 32.2. The summed E-state index contributed by atoms with van der Waals surface area (Å²) in [6.07, 6.45) is 3.95. The van der Waals surface area contributed by atoms with Crippen LogP contribution in [0.3, 0.4) is 0 Å². The van der Waals surface area contributed by atoms with E-state index in [1.54, 1.807) is 36.0 Å². The standard InChI is InChI=1S/C28H25N3O2S2/c1-34-22-14-10-19(11-15-22)17-23(26-7-4-16-35-26)28(33)30-18-20-8-12-21(13-9-20)27(32)31-25-6-3-2-5-24(25)29/h2-17H,18,29H2,1H3,(H,30,33)(H,31,32)/b23-17+. The van der Waals surface area contributed by atoms with Gasteiger partial charge in [0.1, 0.15) is 0 Å². The predicted molar refractivity (Wildman–Crippen MR) is 148 cm³/mol. The molecule has 0 saturated heterocycles. The number of thiophene rings is 1. The molecule has 35 heavy (non-hydrogen) atoms. The van der Waals surface area contributed by atoms with Gasteiger partial charge in [0, 0.05) is 21.9 Å². The van der Waals surface area contributed by atoms with Gasteiger partial charge in [-0.15, -0.1) is 23.1 Å². The minimum atomic E-state index is -0.242. The van der Waals surface area contributed by atoms with E-state index in [-0.39, 0.29) is 11.8 Å². The third-order valence-corrected chi connectivity index (χ3v) is 6.98. The number of para-hydroxylation sites is 2. The Bertz CT molecular complexity index is 1330. The van der Waals surface area contributed by atoms with Gasteiger partial charge in [-0.25, -0.2) is 0 Å². The first-order valence-electron chi connectivity index (χ1n) is 11.0. The highest BCUT2D eigenvalue weighted by molar-refractivity contribution is 7.98. The average Bonchev–Trinajstić information content (AvgIpc) is 3.42. The van der Waals surface area contributed by atoms with Crippen LogP contribution < -0.4 is 16.4 Å². The van der Waals surface area contributed by atoms with Gasteiger partial charge < -0.3 is 16.4 Å². The Balaban J connectivity index is 1.42. The molecule has 176 valence electrons. The van der Waals surface area contributed by atoms with E-state index in [4.69, 9.17) is 5.73 Å². The molecule has 0 bridgehead atoms. The maximum atomic E-state index is 13.1. The molecule has 0 aliphatic heterocycles. The van der Waals surface area contributed by atoms with Crippen LogP contribution in [0, 0.1) is 0 Å².